The van der Waals surface area contributed by atoms with Crippen LogP contribution < -0.4 is 5.32 Å². The van der Waals surface area contributed by atoms with Gasteiger partial charge in [0.2, 0.25) is 11.8 Å². The molecule has 5 nitrogen and oxygen atoms in total. The van der Waals surface area contributed by atoms with E-state index >= 15 is 0 Å². The van der Waals surface area contributed by atoms with Crippen molar-refractivity contribution in [1.29, 1.82) is 0 Å². The van der Waals surface area contributed by atoms with Crippen molar-refractivity contribution in [2.75, 3.05) is 11.9 Å². The van der Waals surface area contributed by atoms with Crippen LogP contribution >= 0.6 is 11.6 Å². The molecule has 3 aromatic rings. The van der Waals surface area contributed by atoms with Gasteiger partial charge in [0.25, 0.3) is 0 Å². The van der Waals surface area contributed by atoms with E-state index in [-0.39, 0.29) is 24.3 Å². The van der Waals surface area contributed by atoms with Crippen LogP contribution in [0, 0.1) is 13.8 Å². The number of rotatable bonds is 4. The number of aromatic nitrogens is 1. The van der Waals surface area contributed by atoms with E-state index in [1.165, 1.54) is 0 Å². The lowest BCUT2D eigenvalue weighted by atomic mass is 9.99. The Morgan fingerprint density at radius 1 is 1.03 bits per heavy atom. The molecule has 30 heavy (non-hydrogen) atoms. The van der Waals surface area contributed by atoms with Gasteiger partial charge >= 0.3 is 0 Å². The molecule has 0 aliphatic carbocycles. The summed E-state index contributed by atoms with van der Waals surface area (Å²) in [7, 11) is 0. The van der Waals surface area contributed by atoms with Crippen LogP contribution in [0.15, 0.2) is 60.8 Å². The number of nitrogens with one attached hydrogen (secondary N) is 1. The summed E-state index contributed by atoms with van der Waals surface area (Å²) in [5.41, 5.74) is 4.91. The van der Waals surface area contributed by atoms with Gasteiger partial charge in [0.05, 0.1) is 6.04 Å². The van der Waals surface area contributed by atoms with Gasteiger partial charge in [-0.05, 0) is 66.9 Å². The number of aryl methyl sites for hydroxylation is 2. The van der Waals surface area contributed by atoms with E-state index < -0.39 is 0 Å². The van der Waals surface area contributed by atoms with Gasteiger partial charge in [-0.25, -0.2) is 0 Å². The van der Waals surface area contributed by atoms with Crippen molar-refractivity contribution in [2.24, 2.45) is 0 Å². The Morgan fingerprint density at radius 2 is 1.87 bits per heavy atom. The quantitative estimate of drug-likeness (QED) is 0.620. The zero-order valence-electron chi connectivity index (χ0n) is 17.1. The van der Waals surface area contributed by atoms with Crippen molar-refractivity contribution in [2.45, 2.75) is 32.9 Å². The Hall–Kier alpha value is -3.05. The van der Waals surface area contributed by atoms with Gasteiger partial charge < -0.3 is 14.8 Å². The average molecular weight is 422 g/mol. The van der Waals surface area contributed by atoms with E-state index in [0.717, 1.165) is 22.4 Å². The summed E-state index contributed by atoms with van der Waals surface area (Å²) in [5, 5.41) is 3.47. The SMILES string of the molecule is Cc1ccc(NC(=O)CC(=O)N2CCn3cccc3[C@H]2c2cccc(Cl)c2)cc1C. The van der Waals surface area contributed by atoms with Crippen molar-refractivity contribution in [3.05, 3.63) is 88.2 Å². The molecule has 0 saturated heterocycles. The molecule has 0 unspecified atom stereocenters. The van der Waals surface area contributed by atoms with Gasteiger partial charge in [0.1, 0.15) is 6.42 Å². The van der Waals surface area contributed by atoms with Gasteiger partial charge in [-0.15, -0.1) is 0 Å². The maximum absolute atomic E-state index is 13.1. The third-order valence-corrected chi connectivity index (χ3v) is 5.86. The number of amides is 2. The summed E-state index contributed by atoms with van der Waals surface area (Å²) >= 11 is 6.22. The highest BCUT2D eigenvalue weighted by molar-refractivity contribution is 6.30. The molecule has 1 aliphatic heterocycles. The molecule has 0 saturated carbocycles. The minimum Gasteiger partial charge on any atom is -0.348 e. The number of carbonyl (C=O) groups excluding carboxylic acids is 2. The Kier molecular flexibility index (Phi) is 5.64. The van der Waals surface area contributed by atoms with Gasteiger partial charge in [0.15, 0.2) is 0 Å². The molecule has 2 amide bonds. The first-order valence-corrected chi connectivity index (χ1v) is 10.4. The standard InChI is InChI=1S/C24H24ClN3O2/c1-16-8-9-20(13-17(16)2)26-22(29)15-23(30)28-12-11-27-10-4-7-21(27)24(28)18-5-3-6-19(25)14-18/h3-10,13-14,24H,11-12,15H2,1-2H3,(H,26,29)/t24-/m1/s1. The fraction of sp³-hybridized carbons (Fsp3) is 0.250. The van der Waals surface area contributed by atoms with Crippen LogP contribution in [0.4, 0.5) is 5.69 Å². The second-order valence-electron chi connectivity index (χ2n) is 7.70. The number of nitrogens with zero attached hydrogens (tertiary/aromatic N) is 2. The zero-order chi connectivity index (χ0) is 21.3. The fourth-order valence-electron chi connectivity index (χ4n) is 3.94. The Labute approximate surface area is 181 Å². The minimum absolute atomic E-state index is 0.200. The molecule has 2 aromatic carbocycles. The number of fused-ring (bicyclic) bond motifs is 1. The lowest BCUT2D eigenvalue weighted by Crippen LogP contribution is -2.43. The molecule has 0 spiro atoms. The molecule has 0 radical (unpaired) electrons. The van der Waals surface area contributed by atoms with E-state index in [1.54, 1.807) is 4.90 Å². The van der Waals surface area contributed by atoms with Crippen LogP contribution in [-0.2, 0) is 16.1 Å². The maximum atomic E-state index is 13.1. The largest absolute Gasteiger partial charge is 0.348 e. The highest BCUT2D eigenvalue weighted by Crippen LogP contribution is 2.34. The summed E-state index contributed by atoms with van der Waals surface area (Å²) in [6, 6.07) is 17.0. The molecule has 1 N–H and O–H groups in total. The summed E-state index contributed by atoms with van der Waals surface area (Å²) in [5.74, 6) is -0.511. The summed E-state index contributed by atoms with van der Waals surface area (Å²) in [6.07, 6.45) is 1.81. The summed E-state index contributed by atoms with van der Waals surface area (Å²) < 4.78 is 2.14. The first-order chi connectivity index (χ1) is 14.4. The van der Waals surface area contributed by atoms with Gasteiger partial charge in [-0.3, -0.25) is 9.59 Å². The number of benzene rings is 2. The van der Waals surface area contributed by atoms with E-state index in [0.29, 0.717) is 23.8 Å². The first kappa shape index (κ1) is 20.2. The average Bonchev–Trinajstić information content (AvgIpc) is 3.18. The molecule has 2 heterocycles. The third-order valence-electron chi connectivity index (χ3n) is 5.63. The molecule has 154 valence electrons. The van der Waals surface area contributed by atoms with Crippen molar-refractivity contribution in [3.63, 3.8) is 0 Å². The van der Waals surface area contributed by atoms with Crippen LogP contribution in [-0.4, -0.2) is 27.8 Å². The van der Waals surface area contributed by atoms with Crippen molar-refractivity contribution < 1.29 is 9.59 Å². The molecule has 0 fully saturated rings. The molecule has 0 bridgehead atoms. The lowest BCUT2D eigenvalue weighted by molar-refractivity contribution is -0.136. The van der Waals surface area contributed by atoms with E-state index in [2.05, 4.69) is 9.88 Å². The normalized spacial score (nSPS) is 15.6. The Morgan fingerprint density at radius 3 is 2.63 bits per heavy atom. The topological polar surface area (TPSA) is 54.3 Å². The molecule has 1 aliphatic rings. The molecular formula is C24H24ClN3O2. The number of anilines is 1. The smallest absolute Gasteiger partial charge is 0.233 e. The number of hydrogen-bond donors (Lipinski definition) is 1. The maximum Gasteiger partial charge on any atom is 0.233 e. The number of hydrogen-bond acceptors (Lipinski definition) is 2. The molecular weight excluding hydrogens is 398 g/mol. The van der Waals surface area contributed by atoms with Gasteiger partial charge in [0, 0.05) is 35.7 Å². The lowest BCUT2D eigenvalue weighted by Gasteiger charge is -2.37. The second-order valence-corrected chi connectivity index (χ2v) is 8.13. The van der Waals surface area contributed by atoms with Crippen molar-refractivity contribution in [3.8, 4) is 0 Å². The van der Waals surface area contributed by atoms with Crippen molar-refractivity contribution in [1.82, 2.24) is 9.47 Å². The molecule has 1 aromatic heterocycles. The molecule has 1 atom stereocenters. The van der Waals surface area contributed by atoms with Gasteiger partial charge in [-0.2, -0.15) is 0 Å². The van der Waals surface area contributed by atoms with Crippen LogP contribution in [0.3, 0.4) is 0 Å². The molecule has 4 rings (SSSR count). The highest BCUT2D eigenvalue weighted by Gasteiger charge is 2.32. The predicted octanol–water partition coefficient (Wildman–Crippen LogP) is 4.72. The van der Waals surface area contributed by atoms with Crippen LogP contribution in [0.5, 0.6) is 0 Å². The highest BCUT2D eigenvalue weighted by atomic mass is 35.5. The Balaban J connectivity index is 1.54. The predicted molar refractivity (Wildman–Crippen MR) is 119 cm³/mol. The number of halogens is 1. The molecule has 6 heteroatoms. The zero-order valence-corrected chi connectivity index (χ0v) is 17.8. The van der Waals surface area contributed by atoms with Gasteiger partial charge in [-0.1, -0.05) is 29.8 Å². The summed E-state index contributed by atoms with van der Waals surface area (Å²) in [4.78, 5) is 27.5. The summed E-state index contributed by atoms with van der Waals surface area (Å²) in [6.45, 7) is 5.25. The Bertz CT molecular complexity index is 1110. The minimum atomic E-state index is -0.311. The fourth-order valence-corrected chi connectivity index (χ4v) is 4.14. The van der Waals surface area contributed by atoms with E-state index in [1.807, 2.05) is 74.6 Å². The second kappa shape index (κ2) is 8.36. The van der Waals surface area contributed by atoms with E-state index in [9.17, 15) is 9.59 Å². The van der Waals surface area contributed by atoms with E-state index in [4.69, 9.17) is 11.6 Å². The van der Waals surface area contributed by atoms with Crippen molar-refractivity contribution >= 4 is 29.1 Å². The van der Waals surface area contributed by atoms with Crippen LogP contribution in [0.25, 0.3) is 0 Å². The van der Waals surface area contributed by atoms with Crippen LogP contribution in [0.2, 0.25) is 5.02 Å². The van der Waals surface area contributed by atoms with Crippen LogP contribution in [0.1, 0.15) is 34.8 Å². The first-order valence-electron chi connectivity index (χ1n) is 9.99. The number of carbonyl (C=O) groups is 2. The third kappa shape index (κ3) is 4.12. The monoisotopic (exact) mass is 421 g/mol.